The van der Waals surface area contributed by atoms with Crippen molar-refractivity contribution in [3.8, 4) is 0 Å². The van der Waals surface area contributed by atoms with E-state index in [2.05, 4.69) is 0 Å². The summed E-state index contributed by atoms with van der Waals surface area (Å²) in [6.07, 6.45) is 3.86. The molecule has 2 aliphatic heterocycles. The van der Waals surface area contributed by atoms with Gasteiger partial charge in [-0.05, 0) is 19.1 Å². The van der Waals surface area contributed by atoms with Gasteiger partial charge < -0.3 is 4.90 Å². The maximum atomic E-state index is 12.7. The van der Waals surface area contributed by atoms with E-state index in [9.17, 15) is 13.2 Å². The molecule has 0 aliphatic carbocycles. The number of amides is 1. The van der Waals surface area contributed by atoms with Crippen molar-refractivity contribution in [1.82, 2.24) is 4.90 Å². The third-order valence-electron chi connectivity index (χ3n) is 4.22. The van der Waals surface area contributed by atoms with Crippen LogP contribution >= 0.6 is 0 Å². The molecule has 0 saturated carbocycles. The molecule has 20 heavy (non-hydrogen) atoms. The molecule has 1 saturated heterocycles. The molecule has 0 aromatic heterocycles. The molecule has 1 aromatic carbocycles. The summed E-state index contributed by atoms with van der Waals surface area (Å²) < 4.78 is 25.5. The van der Waals surface area contributed by atoms with Crippen LogP contribution in [0.1, 0.15) is 12.5 Å². The van der Waals surface area contributed by atoms with Crippen molar-refractivity contribution in [3.05, 3.63) is 42.0 Å². The topological polar surface area (TPSA) is 54.5 Å². The first kappa shape index (κ1) is 13.4. The van der Waals surface area contributed by atoms with E-state index in [1.165, 1.54) is 0 Å². The van der Waals surface area contributed by atoms with Gasteiger partial charge in [-0.1, -0.05) is 36.8 Å². The first-order chi connectivity index (χ1) is 9.43. The van der Waals surface area contributed by atoms with Crippen LogP contribution in [-0.2, 0) is 14.6 Å². The van der Waals surface area contributed by atoms with Gasteiger partial charge in [0.15, 0.2) is 9.84 Å². The predicted molar refractivity (Wildman–Crippen MR) is 76.0 cm³/mol. The summed E-state index contributed by atoms with van der Waals surface area (Å²) in [4.78, 5) is 14.3. The molecule has 3 atom stereocenters. The fraction of sp³-hybridized carbons (Fsp3) is 0.400. The molecular formula is C15H17NO3S. The van der Waals surface area contributed by atoms with E-state index in [0.717, 1.165) is 5.56 Å². The lowest BCUT2D eigenvalue weighted by Crippen LogP contribution is -2.35. The predicted octanol–water partition coefficient (Wildman–Crippen LogP) is 1.55. The Labute approximate surface area is 119 Å². The molecular weight excluding hydrogens is 274 g/mol. The minimum Gasteiger partial charge on any atom is -0.331 e. The average Bonchev–Trinajstić information content (AvgIpc) is 2.95. The van der Waals surface area contributed by atoms with E-state index in [1.54, 1.807) is 29.2 Å². The van der Waals surface area contributed by atoms with Crippen LogP contribution in [0.5, 0.6) is 0 Å². The third kappa shape index (κ3) is 1.80. The van der Waals surface area contributed by atoms with Gasteiger partial charge in [-0.15, -0.1) is 0 Å². The summed E-state index contributed by atoms with van der Waals surface area (Å²) in [7, 11) is -3.62. The number of aryl methyl sites for hydroxylation is 1. The Morgan fingerprint density at radius 2 is 1.85 bits per heavy atom. The zero-order chi connectivity index (χ0) is 14.5. The number of carbonyl (C=O) groups excluding carboxylic acids is 1. The Kier molecular flexibility index (Phi) is 2.97. The molecule has 1 aromatic rings. The smallest absolute Gasteiger partial charge is 0.242 e. The Morgan fingerprint density at radius 1 is 1.20 bits per heavy atom. The van der Waals surface area contributed by atoms with E-state index in [4.69, 9.17) is 0 Å². The summed E-state index contributed by atoms with van der Waals surface area (Å²) in [5, 5.41) is -0.958. The van der Waals surface area contributed by atoms with Gasteiger partial charge in [-0.25, -0.2) is 8.42 Å². The fourth-order valence-corrected chi connectivity index (χ4v) is 5.03. The lowest BCUT2D eigenvalue weighted by atomic mass is 10.0. The number of carbonyl (C=O) groups is 1. The third-order valence-corrected chi connectivity index (χ3v) is 6.45. The van der Waals surface area contributed by atoms with Gasteiger partial charge in [0.25, 0.3) is 0 Å². The molecule has 5 heteroatoms. The van der Waals surface area contributed by atoms with Crippen LogP contribution < -0.4 is 0 Å². The maximum Gasteiger partial charge on any atom is 0.242 e. The van der Waals surface area contributed by atoms with Gasteiger partial charge in [0.2, 0.25) is 5.91 Å². The second-order valence-corrected chi connectivity index (χ2v) is 7.62. The van der Waals surface area contributed by atoms with Crippen LogP contribution in [0.4, 0.5) is 0 Å². The SMILES string of the molecule is Cc1ccc(S(=O)(=O)[C@H]2C(=O)N3CC=CC3[C@@H]2C)cc1. The molecule has 106 valence electrons. The van der Waals surface area contributed by atoms with E-state index in [0.29, 0.717) is 6.54 Å². The monoisotopic (exact) mass is 291 g/mol. The molecule has 1 fully saturated rings. The van der Waals surface area contributed by atoms with Gasteiger partial charge >= 0.3 is 0 Å². The van der Waals surface area contributed by atoms with Crippen molar-refractivity contribution in [2.75, 3.05) is 6.54 Å². The van der Waals surface area contributed by atoms with Gasteiger partial charge in [0.05, 0.1) is 10.9 Å². The highest BCUT2D eigenvalue weighted by atomic mass is 32.2. The Hall–Kier alpha value is -1.62. The number of hydrogen-bond donors (Lipinski definition) is 0. The highest BCUT2D eigenvalue weighted by Crippen LogP contribution is 2.36. The number of sulfone groups is 1. The lowest BCUT2D eigenvalue weighted by molar-refractivity contribution is -0.127. The van der Waals surface area contributed by atoms with E-state index in [1.807, 2.05) is 26.0 Å². The van der Waals surface area contributed by atoms with Crippen LogP contribution in [0.3, 0.4) is 0 Å². The summed E-state index contributed by atoms with van der Waals surface area (Å²) in [5.74, 6) is -0.486. The number of fused-ring (bicyclic) bond motifs is 1. The van der Waals surface area contributed by atoms with Gasteiger partial charge in [-0.2, -0.15) is 0 Å². The highest BCUT2D eigenvalue weighted by Gasteiger charge is 2.52. The Morgan fingerprint density at radius 3 is 2.45 bits per heavy atom. The van der Waals surface area contributed by atoms with Gasteiger partial charge in [-0.3, -0.25) is 4.79 Å². The quantitative estimate of drug-likeness (QED) is 0.777. The van der Waals surface area contributed by atoms with Crippen molar-refractivity contribution < 1.29 is 13.2 Å². The largest absolute Gasteiger partial charge is 0.331 e. The zero-order valence-electron chi connectivity index (χ0n) is 11.5. The van der Waals surface area contributed by atoms with Gasteiger partial charge in [0.1, 0.15) is 5.25 Å². The highest BCUT2D eigenvalue weighted by molar-refractivity contribution is 7.92. The van der Waals surface area contributed by atoms with E-state index < -0.39 is 15.1 Å². The van der Waals surface area contributed by atoms with Crippen molar-refractivity contribution in [3.63, 3.8) is 0 Å². The molecule has 0 N–H and O–H groups in total. The van der Waals surface area contributed by atoms with Crippen LogP contribution in [0.25, 0.3) is 0 Å². The van der Waals surface area contributed by atoms with Crippen LogP contribution in [-0.4, -0.2) is 37.1 Å². The second kappa shape index (κ2) is 4.45. The first-order valence-corrected chi connectivity index (χ1v) is 8.25. The molecule has 2 aliphatic rings. The van der Waals surface area contributed by atoms with E-state index >= 15 is 0 Å². The second-order valence-electron chi connectivity index (χ2n) is 5.55. The molecule has 0 radical (unpaired) electrons. The fourth-order valence-electron chi connectivity index (χ4n) is 3.09. The van der Waals surface area contributed by atoms with Crippen molar-refractivity contribution in [2.45, 2.75) is 30.0 Å². The number of nitrogens with zero attached hydrogens (tertiary/aromatic N) is 1. The minimum absolute atomic E-state index is 0.0762. The molecule has 4 nitrogen and oxygen atoms in total. The van der Waals surface area contributed by atoms with Crippen LogP contribution in [0, 0.1) is 12.8 Å². The number of benzene rings is 1. The lowest BCUT2D eigenvalue weighted by Gasteiger charge is -2.16. The number of hydrogen-bond acceptors (Lipinski definition) is 3. The minimum atomic E-state index is -3.62. The summed E-state index contributed by atoms with van der Waals surface area (Å²) in [5.41, 5.74) is 0.998. The summed E-state index contributed by atoms with van der Waals surface area (Å²) >= 11 is 0. The normalized spacial score (nSPS) is 29.0. The molecule has 1 unspecified atom stereocenters. The zero-order valence-corrected chi connectivity index (χ0v) is 12.3. The van der Waals surface area contributed by atoms with Crippen molar-refractivity contribution in [2.24, 2.45) is 5.92 Å². The Bertz CT molecular complexity index is 676. The van der Waals surface area contributed by atoms with E-state index in [-0.39, 0.29) is 22.8 Å². The first-order valence-electron chi connectivity index (χ1n) is 6.70. The summed E-state index contributed by atoms with van der Waals surface area (Å²) in [6, 6.07) is 6.62. The average molecular weight is 291 g/mol. The molecule has 0 bridgehead atoms. The van der Waals surface area contributed by atoms with Crippen LogP contribution in [0.2, 0.25) is 0 Å². The van der Waals surface area contributed by atoms with Crippen molar-refractivity contribution >= 4 is 15.7 Å². The molecule has 3 rings (SSSR count). The van der Waals surface area contributed by atoms with Gasteiger partial charge in [0, 0.05) is 12.5 Å². The number of rotatable bonds is 2. The molecule has 2 heterocycles. The maximum absolute atomic E-state index is 12.7. The molecule has 0 spiro atoms. The Balaban J connectivity index is 2.01. The van der Waals surface area contributed by atoms with Crippen LogP contribution in [0.15, 0.2) is 41.3 Å². The van der Waals surface area contributed by atoms with Crippen molar-refractivity contribution in [1.29, 1.82) is 0 Å². The molecule has 1 amide bonds. The standard InChI is InChI=1S/C15H17NO3S/c1-10-5-7-12(8-6-10)20(18,19)14-11(2)13-4-3-9-16(13)15(14)17/h3-8,11,13-14H,9H2,1-2H3/t11-,13?,14+/m0/s1. The summed E-state index contributed by atoms with van der Waals surface area (Å²) in [6.45, 7) is 4.27.